The first kappa shape index (κ1) is 23.9. The first-order valence-electron chi connectivity index (χ1n) is 6.45. The largest absolute Gasteiger partial charge is 0.430 e. The Morgan fingerprint density at radius 2 is 0.893 bits per heavy atom. The van der Waals surface area contributed by atoms with Crippen LogP contribution >= 0.6 is 0 Å². The quantitative estimate of drug-likeness (QED) is 0.419. The van der Waals surface area contributed by atoms with E-state index >= 15 is 0 Å². The van der Waals surface area contributed by atoms with Crippen molar-refractivity contribution in [3.63, 3.8) is 0 Å². The van der Waals surface area contributed by atoms with E-state index in [9.17, 15) is 62.9 Å². The number of benzene rings is 1. The van der Waals surface area contributed by atoms with Crippen molar-refractivity contribution < 1.29 is 62.9 Å². The molecule has 0 aliphatic carbocycles. The first-order chi connectivity index (χ1) is 12.0. The van der Waals surface area contributed by atoms with Crippen LogP contribution in [0, 0.1) is 0 Å². The molecule has 1 aromatic carbocycles. The van der Waals surface area contributed by atoms with Gasteiger partial charge in [0.1, 0.15) is 0 Å². The fourth-order valence-electron chi connectivity index (χ4n) is 2.27. The van der Waals surface area contributed by atoms with Gasteiger partial charge in [-0.15, -0.1) is 0 Å². The molecule has 16 heteroatoms. The molecule has 28 heavy (non-hydrogen) atoms. The molecule has 6 N–H and O–H groups in total. The van der Waals surface area contributed by atoms with E-state index in [0.29, 0.717) is 0 Å². The van der Waals surface area contributed by atoms with Gasteiger partial charge in [-0.2, -0.15) is 52.7 Å². The third-order valence-electron chi connectivity index (χ3n) is 3.67. The fourth-order valence-corrected chi connectivity index (χ4v) is 2.27. The molecule has 0 saturated carbocycles. The second kappa shape index (κ2) is 6.20. The van der Waals surface area contributed by atoms with E-state index in [-0.39, 0.29) is 12.1 Å². The standard InChI is InChI=1S/C12H8F12N2O2/c13-9(14,15)7(27,10(16,17)18)3-1-2-4(25)5(6(3)26)8(28,11(19,20)21)12(22,23)24/h1-2,27-28H,25-26H2. The highest BCUT2D eigenvalue weighted by atomic mass is 19.4. The van der Waals surface area contributed by atoms with Gasteiger partial charge in [0.05, 0.1) is 0 Å². The van der Waals surface area contributed by atoms with Gasteiger partial charge in [-0.3, -0.25) is 0 Å². The highest BCUT2D eigenvalue weighted by molar-refractivity contribution is 5.70. The molecule has 0 bridgehead atoms. The molecule has 1 aromatic rings. The monoisotopic (exact) mass is 440 g/mol. The topological polar surface area (TPSA) is 92.5 Å². The van der Waals surface area contributed by atoms with Crippen molar-refractivity contribution in [2.24, 2.45) is 0 Å². The van der Waals surface area contributed by atoms with Crippen molar-refractivity contribution in [2.75, 3.05) is 11.5 Å². The molecular weight excluding hydrogens is 432 g/mol. The molecule has 0 spiro atoms. The normalized spacial score (nSPS) is 15.1. The lowest BCUT2D eigenvalue weighted by Crippen LogP contribution is -2.56. The minimum absolute atomic E-state index is 0.230. The molecule has 0 amide bonds. The van der Waals surface area contributed by atoms with Crippen LogP contribution in [0.1, 0.15) is 11.1 Å². The summed E-state index contributed by atoms with van der Waals surface area (Å²) in [5.74, 6) is 0. The van der Waals surface area contributed by atoms with Crippen molar-refractivity contribution in [1.29, 1.82) is 0 Å². The number of nitrogens with two attached hydrogens (primary N) is 2. The van der Waals surface area contributed by atoms with Gasteiger partial charge < -0.3 is 21.7 Å². The van der Waals surface area contributed by atoms with E-state index in [0.717, 1.165) is 0 Å². The van der Waals surface area contributed by atoms with Crippen molar-refractivity contribution in [3.8, 4) is 0 Å². The summed E-state index contributed by atoms with van der Waals surface area (Å²) in [7, 11) is 0. The van der Waals surface area contributed by atoms with Crippen molar-refractivity contribution in [2.45, 2.75) is 35.9 Å². The van der Waals surface area contributed by atoms with E-state index in [1.807, 2.05) is 0 Å². The third-order valence-corrected chi connectivity index (χ3v) is 3.67. The molecule has 0 aliphatic rings. The Morgan fingerprint density at radius 1 is 0.571 bits per heavy atom. The highest BCUT2D eigenvalue weighted by Gasteiger charge is 2.75. The number of alkyl halides is 12. The Balaban J connectivity index is 4.12. The lowest BCUT2D eigenvalue weighted by molar-refractivity contribution is -0.377. The number of rotatable bonds is 2. The lowest BCUT2D eigenvalue weighted by atomic mass is 9.82. The van der Waals surface area contributed by atoms with E-state index in [1.165, 1.54) is 0 Å². The molecule has 0 radical (unpaired) electrons. The SMILES string of the molecule is Nc1ccc(C(O)(C(F)(F)F)C(F)(F)F)c(N)c1C(O)(C(F)(F)F)C(F)(F)F. The number of hydrogen-bond acceptors (Lipinski definition) is 4. The third kappa shape index (κ3) is 3.17. The zero-order valence-corrected chi connectivity index (χ0v) is 12.7. The second-order valence-corrected chi connectivity index (χ2v) is 5.40. The van der Waals surface area contributed by atoms with E-state index < -0.39 is 58.4 Å². The van der Waals surface area contributed by atoms with Crippen LogP contribution in [-0.4, -0.2) is 34.9 Å². The summed E-state index contributed by atoms with van der Waals surface area (Å²) in [6.07, 6.45) is -26.8. The molecule has 0 heterocycles. The van der Waals surface area contributed by atoms with Crippen LogP contribution in [0.2, 0.25) is 0 Å². The van der Waals surface area contributed by atoms with Crippen LogP contribution in [0.25, 0.3) is 0 Å². The van der Waals surface area contributed by atoms with Gasteiger partial charge in [0.2, 0.25) is 0 Å². The summed E-state index contributed by atoms with van der Waals surface area (Å²) in [5.41, 5.74) is -12.0. The molecule has 0 atom stereocenters. The van der Waals surface area contributed by atoms with E-state index in [1.54, 1.807) is 0 Å². The van der Waals surface area contributed by atoms with Gasteiger partial charge in [-0.1, -0.05) is 6.07 Å². The predicted octanol–water partition coefficient (Wildman–Crippen LogP) is 3.48. The van der Waals surface area contributed by atoms with Crippen LogP contribution in [0.3, 0.4) is 0 Å². The Hall–Kier alpha value is -2.10. The molecular formula is C12H8F12N2O2. The van der Waals surface area contributed by atoms with Gasteiger partial charge in [0.25, 0.3) is 11.2 Å². The number of halogens is 12. The molecule has 4 nitrogen and oxygen atoms in total. The molecule has 0 unspecified atom stereocenters. The average molecular weight is 440 g/mol. The minimum atomic E-state index is -6.72. The average Bonchev–Trinajstić information content (AvgIpc) is 2.41. The van der Waals surface area contributed by atoms with Crippen LogP contribution in [0.5, 0.6) is 0 Å². The van der Waals surface area contributed by atoms with Crippen molar-refractivity contribution >= 4 is 11.4 Å². The Bertz CT molecular complexity index is 719. The lowest BCUT2D eigenvalue weighted by Gasteiger charge is -2.37. The van der Waals surface area contributed by atoms with E-state index in [4.69, 9.17) is 11.5 Å². The van der Waals surface area contributed by atoms with Crippen LogP contribution < -0.4 is 11.5 Å². The van der Waals surface area contributed by atoms with Gasteiger partial charge in [-0.05, 0) is 6.07 Å². The maximum absolute atomic E-state index is 13.0. The molecule has 162 valence electrons. The van der Waals surface area contributed by atoms with Crippen molar-refractivity contribution in [1.82, 2.24) is 0 Å². The molecule has 1 rings (SSSR count). The summed E-state index contributed by atoms with van der Waals surface area (Å²) < 4.78 is 155. The van der Waals surface area contributed by atoms with Gasteiger partial charge >= 0.3 is 24.7 Å². The van der Waals surface area contributed by atoms with Crippen LogP contribution in [-0.2, 0) is 11.2 Å². The molecule has 0 aliphatic heterocycles. The predicted molar refractivity (Wildman–Crippen MR) is 67.3 cm³/mol. The summed E-state index contributed by atoms with van der Waals surface area (Å²) in [4.78, 5) is 0. The highest BCUT2D eigenvalue weighted by Crippen LogP contribution is 2.57. The number of anilines is 2. The summed E-state index contributed by atoms with van der Waals surface area (Å²) in [5, 5.41) is 18.5. The summed E-state index contributed by atoms with van der Waals surface area (Å²) in [6.45, 7) is 0. The van der Waals surface area contributed by atoms with Gasteiger partial charge in [-0.25, -0.2) is 0 Å². The maximum atomic E-state index is 13.0. The van der Waals surface area contributed by atoms with Crippen LogP contribution in [0.15, 0.2) is 12.1 Å². The van der Waals surface area contributed by atoms with Crippen LogP contribution in [0.4, 0.5) is 64.1 Å². The van der Waals surface area contributed by atoms with Gasteiger partial charge in [0, 0.05) is 22.5 Å². The summed E-state index contributed by atoms with van der Waals surface area (Å²) >= 11 is 0. The molecule has 0 aromatic heterocycles. The zero-order chi connectivity index (χ0) is 22.7. The van der Waals surface area contributed by atoms with Crippen molar-refractivity contribution in [3.05, 3.63) is 23.3 Å². The number of aliphatic hydroxyl groups is 2. The first-order valence-corrected chi connectivity index (χ1v) is 6.45. The second-order valence-electron chi connectivity index (χ2n) is 5.40. The van der Waals surface area contributed by atoms with E-state index in [2.05, 4.69) is 0 Å². The number of hydrogen-bond donors (Lipinski definition) is 4. The maximum Gasteiger partial charge on any atom is 0.430 e. The Kier molecular flexibility index (Phi) is 5.30. The molecule has 0 saturated heterocycles. The fraction of sp³-hybridized carbons (Fsp3) is 0.500. The zero-order valence-electron chi connectivity index (χ0n) is 12.7. The molecule has 0 fully saturated rings. The number of nitrogen functional groups attached to an aromatic ring is 2. The van der Waals surface area contributed by atoms with Gasteiger partial charge in [0.15, 0.2) is 0 Å². The minimum Gasteiger partial charge on any atom is -0.398 e. The Labute approximate surface area is 146 Å². The Morgan fingerprint density at radius 3 is 1.18 bits per heavy atom. The summed E-state index contributed by atoms with van der Waals surface area (Å²) in [6, 6.07) is -0.589. The smallest absolute Gasteiger partial charge is 0.398 e.